The lowest BCUT2D eigenvalue weighted by atomic mass is 9.74. The van der Waals surface area contributed by atoms with E-state index in [0.29, 0.717) is 25.7 Å². The molecule has 0 saturated carbocycles. The van der Waals surface area contributed by atoms with E-state index >= 15 is 0 Å². The Morgan fingerprint density at radius 3 is 2.09 bits per heavy atom. The highest BCUT2D eigenvalue weighted by Gasteiger charge is 2.61. The highest BCUT2D eigenvalue weighted by atomic mass is 16.7. The number of allylic oxidation sites excluding steroid dienone is 4. The molecule has 0 aliphatic carbocycles. The van der Waals surface area contributed by atoms with E-state index in [0.717, 1.165) is 6.42 Å². The van der Waals surface area contributed by atoms with Crippen LogP contribution in [0.4, 0.5) is 0 Å². The predicted molar refractivity (Wildman–Crippen MR) is 215 cm³/mol. The summed E-state index contributed by atoms with van der Waals surface area (Å²) in [4.78, 5) is 54.5. The number of fused-ring (bicyclic) bond motifs is 2. The van der Waals surface area contributed by atoms with Gasteiger partial charge in [-0.15, -0.1) is 0 Å². The van der Waals surface area contributed by atoms with Crippen molar-refractivity contribution in [3.8, 4) is 0 Å². The van der Waals surface area contributed by atoms with Crippen molar-refractivity contribution in [2.45, 2.75) is 169 Å². The number of carbonyl (C=O) groups is 4. The molecule has 2 bridgehead atoms. The number of carbonyl (C=O) groups excluding carboxylic acids is 4. The number of ether oxygens (including phenoxy) is 3. The van der Waals surface area contributed by atoms with Gasteiger partial charge in [0.05, 0.1) is 42.5 Å². The van der Waals surface area contributed by atoms with Crippen molar-refractivity contribution in [1.29, 1.82) is 0 Å². The maximum atomic E-state index is 14.0. The monoisotopic (exact) mass is 805 g/mol. The normalized spacial score (nSPS) is 46.2. The Bertz CT molecular complexity index is 1470. The highest BCUT2D eigenvalue weighted by molar-refractivity contribution is 5.91. The van der Waals surface area contributed by atoms with E-state index in [1.165, 1.54) is 39.8 Å². The van der Waals surface area contributed by atoms with Gasteiger partial charge in [0.25, 0.3) is 0 Å². The summed E-state index contributed by atoms with van der Waals surface area (Å²) in [6, 6.07) is 0. The van der Waals surface area contributed by atoms with E-state index in [9.17, 15) is 44.7 Å². The van der Waals surface area contributed by atoms with Gasteiger partial charge >= 0.3 is 5.97 Å². The van der Waals surface area contributed by atoms with Crippen molar-refractivity contribution in [2.75, 3.05) is 0 Å². The van der Waals surface area contributed by atoms with E-state index in [1.54, 1.807) is 27.7 Å². The van der Waals surface area contributed by atoms with Crippen LogP contribution in [0.5, 0.6) is 0 Å². The molecule has 324 valence electrons. The Morgan fingerprint density at radius 2 is 1.47 bits per heavy atom. The Morgan fingerprint density at radius 1 is 0.842 bits per heavy atom. The average Bonchev–Trinajstić information content (AvgIpc) is 3.16. The topological polar surface area (TPSA) is 197 Å². The molecular weight excluding hydrogens is 732 g/mol. The summed E-state index contributed by atoms with van der Waals surface area (Å²) in [6.45, 7) is 18.3. The van der Waals surface area contributed by atoms with Crippen molar-refractivity contribution in [3.63, 3.8) is 0 Å². The number of hydrogen-bond donors (Lipinski definition) is 5. The maximum absolute atomic E-state index is 14.0. The van der Waals surface area contributed by atoms with Crippen molar-refractivity contribution in [1.82, 2.24) is 0 Å². The minimum atomic E-state index is -2.21. The Labute approximate surface area is 340 Å². The summed E-state index contributed by atoms with van der Waals surface area (Å²) in [5.74, 6) is -9.55. The molecule has 3 aliphatic rings. The zero-order valence-electron chi connectivity index (χ0n) is 36.0. The standard InChI is InChI=1S/C45H72O12/c1-12-33-17-15-13-14-16-25(3)42(52)44(11,54)43(53)31(9)40(51)30(8)39(50)29(7)38(49)24(2)18-21-37(48)55-41-28(6)34(20-19-33)56-45(32(41)10)36(47)22-26(4)35(57-45)23-27(5)46/h13-15,17-18,21,24-35,38,40-42,46,49,51-52,54H,12,16,19-20,22-23H2,1-11H3/b14-13+,17-15+,21-18+/t24-,25+,26-,27?,28+,29-,30-,31-,32-,33-,34-,35-,38-,40+,41+,42-,44+,45+/m1/s1. The van der Waals surface area contributed by atoms with Crippen LogP contribution in [-0.2, 0) is 33.4 Å². The first kappa shape index (κ1) is 48.8. The van der Waals surface area contributed by atoms with Crippen LogP contribution < -0.4 is 0 Å². The minimum Gasteiger partial charge on any atom is -0.458 e. The summed E-state index contributed by atoms with van der Waals surface area (Å²) in [5, 5.41) is 55.0. The molecule has 3 heterocycles. The lowest BCUT2D eigenvalue weighted by molar-refractivity contribution is -0.344. The molecule has 0 aromatic carbocycles. The molecule has 12 nitrogen and oxygen atoms in total. The SMILES string of the molecule is CC[C@@H]1/C=C/C=C/C[C@H](C)[C@@H](O)[C@](C)(O)C(=O)[C@H](C)[C@@H](O)[C@H](C)C(=O)[C@H](C)[C@H](O)[C@H](C)/C=C/C(=O)O[C@H]2[C@@H](C)[C@@H](CC1)O[C@]1(O[C@H](CC(C)O)[C@H](C)CC1=O)[C@@H]2C. The molecule has 3 rings (SSSR count). The van der Waals surface area contributed by atoms with E-state index < -0.39 is 107 Å². The van der Waals surface area contributed by atoms with Gasteiger partial charge in [0.15, 0.2) is 11.6 Å². The number of aliphatic hydroxyl groups excluding tert-OH is 4. The van der Waals surface area contributed by atoms with Crippen LogP contribution in [0.3, 0.4) is 0 Å². The second-order valence-corrected chi connectivity index (χ2v) is 17.9. The van der Waals surface area contributed by atoms with Crippen LogP contribution in [0.1, 0.15) is 115 Å². The van der Waals surface area contributed by atoms with Crippen LogP contribution in [0, 0.1) is 53.3 Å². The summed E-state index contributed by atoms with van der Waals surface area (Å²) < 4.78 is 19.4. The second kappa shape index (κ2) is 20.6. The van der Waals surface area contributed by atoms with Gasteiger partial charge in [-0.25, -0.2) is 4.79 Å². The maximum Gasteiger partial charge on any atom is 0.330 e. The first-order chi connectivity index (χ1) is 26.5. The van der Waals surface area contributed by atoms with Crippen LogP contribution in [0.15, 0.2) is 36.5 Å². The molecule has 18 atom stereocenters. The lowest BCUT2D eigenvalue weighted by Crippen LogP contribution is -2.66. The molecule has 0 aromatic heterocycles. The van der Waals surface area contributed by atoms with Crippen molar-refractivity contribution < 1.29 is 58.9 Å². The first-order valence-corrected chi connectivity index (χ1v) is 21.1. The van der Waals surface area contributed by atoms with Gasteiger partial charge in [0.2, 0.25) is 5.79 Å². The number of rotatable bonds is 3. The number of aliphatic hydroxyl groups is 5. The second-order valence-electron chi connectivity index (χ2n) is 17.9. The number of esters is 1. The minimum absolute atomic E-state index is 0.132. The molecule has 1 unspecified atom stereocenters. The number of Topliss-reactive ketones (excluding diaryl/α,β-unsaturated/α-hetero) is 3. The predicted octanol–water partition coefficient (Wildman–Crippen LogP) is 5.06. The molecule has 12 heteroatoms. The molecule has 0 amide bonds. The summed E-state index contributed by atoms with van der Waals surface area (Å²) >= 11 is 0. The van der Waals surface area contributed by atoms with Gasteiger partial charge in [-0.1, -0.05) is 92.7 Å². The van der Waals surface area contributed by atoms with Crippen molar-refractivity contribution in [3.05, 3.63) is 36.5 Å². The van der Waals surface area contributed by atoms with Gasteiger partial charge in [0.1, 0.15) is 17.5 Å². The third kappa shape index (κ3) is 11.4. The largest absolute Gasteiger partial charge is 0.458 e. The van der Waals surface area contributed by atoms with E-state index in [1.807, 2.05) is 32.1 Å². The molecule has 0 aromatic rings. The van der Waals surface area contributed by atoms with Crippen LogP contribution in [0.2, 0.25) is 0 Å². The van der Waals surface area contributed by atoms with Crippen LogP contribution in [0.25, 0.3) is 0 Å². The van der Waals surface area contributed by atoms with Gasteiger partial charge in [0, 0.05) is 42.1 Å². The van der Waals surface area contributed by atoms with Gasteiger partial charge in [-0.3, -0.25) is 14.4 Å². The van der Waals surface area contributed by atoms with Gasteiger partial charge < -0.3 is 39.7 Å². The Hall–Kier alpha value is -2.58. The third-order valence-electron chi connectivity index (χ3n) is 13.2. The molecular formula is C45H72O12. The zero-order chi connectivity index (χ0) is 43.2. The van der Waals surface area contributed by atoms with Crippen molar-refractivity contribution >= 4 is 23.3 Å². The first-order valence-electron chi connectivity index (χ1n) is 21.1. The zero-order valence-corrected chi connectivity index (χ0v) is 36.0. The fourth-order valence-electron chi connectivity index (χ4n) is 8.91. The van der Waals surface area contributed by atoms with Gasteiger partial charge in [-0.2, -0.15) is 0 Å². The molecule has 57 heavy (non-hydrogen) atoms. The van der Waals surface area contributed by atoms with Gasteiger partial charge in [-0.05, 0) is 63.7 Å². The molecule has 1 spiro atoms. The van der Waals surface area contributed by atoms with Crippen LogP contribution >= 0.6 is 0 Å². The average molecular weight is 805 g/mol. The Kier molecular flexibility index (Phi) is 17.6. The van der Waals surface area contributed by atoms with E-state index in [4.69, 9.17) is 14.2 Å². The molecule has 5 N–H and O–H groups in total. The van der Waals surface area contributed by atoms with E-state index in [-0.39, 0.29) is 30.0 Å². The molecule has 3 aliphatic heterocycles. The molecule has 2 saturated heterocycles. The fourth-order valence-corrected chi connectivity index (χ4v) is 8.91. The highest BCUT2D eigenvalue weighted by Crippen LogP contribution is 2.47. The third-order valence-corrected chi connectivity index (χ3v) is 13.2. The Balaban J connectivity index is 2.02. The van der Waals surface area contributed by atoms with Crippen LogP contribution in [-0.4, -0.2) is 103 Å². The fraction of sp³-hybridized carbons (Fsp3) is 0.778. The lowest BCUT2D eigenvalue weighted by Gasteiger charge is -2.54. The summed E-state index contributed by atoms with van der Waals surface area (Å²) in [5.41, 5.74) is -2.21. The van der Waals surface area contributed by atoms with E-state index in [2.05, 4.69) is 13.0 Å². The summed E-state index contributed by atoms with van der Waals surface area (Å²) in [7, 11) is 0. The number of ketones is 3. The van der Waals surface area contributed by atoms with Crippen molar-refractivity contribution in [2.24, 2.45) is 53.3 Å². The molecule has 0 radical (unpaired) electrons. The summed E-state index contributed by atoms with van der Waals surface area (Å²) in [6.07, 6.45) is 6.53. The smallest absolute Gasteiger partial charge is 0.330 e. The number of hydrogen-bond acceptors (Lipinski definition) is 12. The quantitative estimate of drug-likeness (QED) is 0.238. The molecule has 2 fully saturated rings.